The Morgan fingerprint density at radius 1 is 1.22 bits per heavy atom. The Labute approximate surface area is 114 Å². The molecule has 2 rings (SSSR count). The zero-order valence-corrected chi connectivity index (χ0v) is 12.2. The van der Waals surface area contributed by atoms with Crippen molar-refractivity contribution in [1.29, 1.82) is 0 Å². The molecule has 104 valence electrons. The standard InChI is InChI=1S/C12H20ClNO3S/c1-14(11-5-3-2-4-10(11)13)12(15)9-6-7-18(16,17)8-9/h9-11H,2-8H2,1H3. The van der Waals surface area contributed by atoms with Crippen molar-refractivity contribution in [1.82, 2.24) is 4.90 Å². The van der Waals surface area contributed by atoms with Crippen LogP contribution in [-0.4, -0.2) is 49.2 Å². The second-order valence-corrected chi connectivity index (χ2v) is 8.21. The van der Waals surface area contributed by atoms with Crippen LogP contribution in [0.2, 0.25) is 0 Å². The number of alkyl halides is 1. The highest BCUT2D eigenvalue weighted by Crippen LogP contribution is 2.29. The number of hydrogen-bond donors (Lipinski definition) is 0. The summed E-state index contributed by atoms with van der Waals surface area (Å²) < 4.78 is 22.8. The van der Waals surface area contributed by atoms with Gasteiger partial charge >= 0.3 is 0 Å². The van der Waals surface area contributed by atoms with E-state index in [-0.39, 0.29) is 34.7 Å². The van der Waals surface area contributed by atoms with Crippen molar-refractivity contribution in [2.75, 3.05) is 18.6 Å². The summed E-state index contributed by atoms with van der Waals surface area (Å²) in [6.45, 7) is 0. The summed E-state index contributed by atoms with van der Waals surface area (Å²) in [7, 11) is -1.24. The molecule has 2 aliphatic rings. The van der Waals surface area contributed by atoms with E-state index in [1.165, 1.54) is 0 Å². The van der Waals surface area contributed by atoms with Crippen molar-refractivity contribution in [3.63, 3.8) is 0 Å². The molecule has 0 bridgehead atoms. The first-order valence-electron chi connectivity index (χ1n) is 6.52. The molecule has 1 saturated heterocycles. The highest BCUT2D eigenvalue weighted by Gasteiger charge is 2.38. The van der Waals surface area contributed by atoms with Gasteiger partial charge in [0.25, 0.3) is 0 Å². The number of carbonyl (C=O) groups excluding carboxylic acids is 1. The molecule has 18 heavy (non-hydrogen) atoms. The third-order valence-corrected chi connectivity index (χ3v) is 6.35. The molecule has 1 heterocycles. The fourth-order valence-electron chi connectivity index (χ4n) is 2.94. The highest BCUT2D eigenvalue weighted by atomic mass is 35.5. The Bertz CT molecular complexity index is 423. The first-order valence-corrected chi connectivity index (χ1v) is 8.77. The van der Waals surface area contributed by atoms with Gasteiger partial charge in [-0.2, -0.15) is 0 Å². The molecule has 2 fully saturated rings. The third kappa shape index (κ3) is 2.99. The molecule has 0 aromatic heterocycles. The fourth-order valence-corrected chi connectivity index (χ4v) is 5.13. The van der Waals surface area contributed by atoms with Crippen molar-refractivity contribution in [3.8, 4) is 0 Å². The number of amides is 1. The first kappa shape index (κ1) is 14.1. The summed E-state index contributed by atoms with van der Waals surface area (Å²) in [5.41, 5.74) is 0. The van der Waals surface area contributed by atoms with Gasteiger partial charge < -0.3 is 4.90 Å². The molecule has 0 radical (unpaired) electrons. The van der Waals surface area contributed by atoms with Gasteiger partial charge in [-0.3, -0.25) is 4.79 Å². The average Bonchev–Trinajstić information content (AvgIpc) is 2.68. The Hall–Kier alpha value is -0.290. The molecule has 0 aromatic carbocycles. The number of nitrogens with zero attached hydrogens (tertiary/aromatic N) is 1. The molecule has 1 aliphatic heterocycles. The molecule has 3 unspecified atom stereocenters. The Balaban J connectivity index is 2.00. The number of rotatable bonds is 2. The summed E-state index contributed by atoms with van der Waals surface area (Å²) in [4.78, 5) is 14.0. The maximum Gasteiger partial charge on any atom is 0.226 e. The van der Waals surface area contributed by atoms with E-state index < -0.39 is 9.84 Å². The van der Waals surface area contributed by atoms with Gasteiger partial charge in [-0.1, -0.05) is 12.8 Å². The van der Waals surface area contributed by atoms with Crippen molar-refractivity contribution in [2.24, 2.45) is 5.92 Å². The number of hydrogen-bond acceptors (Lipinski definition) is 3. The van der Waals surface area contributed by atoms with E-state index in [1.54, 1.807) is 11.9 Å². The largest absolute Gasteiger partial charge is 0.341 e. The van der Waals surface area contributed by atoms with E-state index in [2.05, 4.69) is 0 Å². The van der Waals surface area contributed by atoms with Crippen molar-refractivity contribution < 1.29 is 13.2 Å². The van der Waals surface area contributed by atoms with Crippen LogP contribution in [0.4, 0.5) is 0 Å². The second kappa shape index (κ2) is 5.37. The minimum absolute atomic E-state index is 0.00529. The zero-order chi connectivity index (χ0) is 13.3. The van der Waals surface area contributed by atoms with Crippen LogP contribution in [0.15, 0.2) is 0 Å². The van der Waals surface area contributed by atoms with Crippen LogP contribution in [0.25, 0.3) is 0 Å². The molecule has 1 saturated carbocycles. The monoisotopic (exact) mass is 293 g/mol. The summed E-state index contributed by atoms with van der Waals surface area (Å²) in [5.74, 6) is -0.248. The topological polar surface area (TPSA) is 54.5 Å². The Morgan fingerprint density at radius 3 is 2.44 bits per heavy atom. The van der Waals surface area contributed by atoms with Gasteiger partial charge in [-0.15, -0.1) is 11.6 Å². The quantitative estimate of drug-likeness (QED) is 0.724. The van der Waals surface area contributed by atoms with Crippen LogP contribution >= 0.6 is 11.6 Å². The van der Waals surface area contributed by atoms with Gasteiger partial charge in [0.2, 0.25) is 5.91 Å². The van der Waals surface area contributed by atoms with Crippen LogP contribution in [0.3, 0.4) is 0 Å². The Morgan fingerprint density at radius 2 is 1.89 bits per heavy atom. The molecule has 0 spiro atoms. The van der Waals surface area contributed by atoms with E-state index in [1.807, 2.05) is 0 Å². The van der Waals surface area contributed by atoms with Crippen molar-refractivity contribution in [2.45, 2.75) is 43.5 Å². The van der Waals surface area contributed by atoms with Gasteiger partial charge in [0.15, 0.2) is 9.84 Å². The van der Waals surface area contributed by atoms with E-state index in [0.29, 0.717) is 6.42 Å². The molecule has 0 aromatic rings. The lowest BCUT2D eigenvalue weighted by molar-refractivity contribution is -0.136. The van der Waals surface area contributed by atoms with Gasteiger partial charge in [-0.25, -0.2) is 8.42 Å². The van der Waals surface area contributed by atoms with Crippen molar-refractivity contribution in [3.05, 3.63) is 0 Å². The average molecular weight is 294 g/mol. The summed E-state index contributed by atoms with van der Waals surface area (Å²) in [6, 6.07) is 0.0659. The van der Waals surface area contributed by atoms with E-state index in [0.717, 1.165) is 25.7 Å². The van der Waals surface area contributed by atoms with Crippen LogP contribution in [-0.2, 0) is 14.6 Å². The van der Waals surface area contributed by atoms with Gasteiger partial charge in [-0.05, 0) is 19.3 Å². The summed E-state index contributed by atoms with van der Waals surface area (Å²) in [6.07, 6.45) is 4.53. The van der Waals surface area contributed by atoms with E-state index >= 15 is 0 Å². The summed E-state index contributed by atoms with van der Waals surface area (Å²) in [5, 5.41) is 0.00529. The number of carbonyl (C=O) groups is 1. The number of sulfone groups is 1. The van der Waals surface area contributed by atoms with Gasteiger partial charge in [0.05, 0.1) is 22.8 Å². The molecule has 6 heteroatoms. The van der Waals surface area contributed by atoms with Gasteiger partial charge in [0.1, 0.15) is 0 Å². The van der Waals surface area contributed by atoms with Crippen LogP contribution in [0.5, 0.6) is 0 Å². The molecule has 1 aliphatic carbocycles. The normalized spacial score (nSPS) is 35.3. The highest BCUT2D eigenvalue weighted by molar-refractivity contribution is 7.91. The Kier molecular flexibility index (Phi) is 4.22. The van der Waals surface area contributed by atoms with Crippen molar-refractivity contribution >= 4 is 27.3 Å². The molecular formula is C12H20ClNO3S. The predicted octanol–water partition coefficient (Wildman–Crippen LogP) is 1.43. The SMILES string of the molecule is CN(C(=O)C1CCS(=O)(=O)C1)C1CCCCC1Cl. The smallest absolute Gasteiger partial charge is 0.226 e. The lowest BCUT2D eigenvalue weighted by atomic mass is 9.93. The molecule has 3 atom stereocenters. The molecule has 0 N–H and O–H groups in total. The molecule has 4 nitrogen and oxygen atoms in total. The molecular weight excluding hydrogens is 274 g/mol. The van der Waals surface area contributed by atoms with Crippen LogP contribution < -0.4 is 0 Å². The van der Waals surface area contributed by atoms with E-state index in [4.69, 9.17) is 11.6 Å². The first-order chi connectivity index (χ1) is 8.41. The maximum absolute atomic E-state index is 12.3. The number of halogens is 1. The van der Waals surface area contributed by atoms with E-state index in [9.17, 15) is 13.2 Å². The second-order valence-electron chi connectivity index (χ2n) is 5.42. The fraction of sp³-hybridized carbons (Fsp3) is 0.917. The maximum atomic E-state index is 12.3. The van der Waals surface area contributed by atoms with Gasteiger partial charge in [0, 0.05) is 13.1 Å². The third-order valence-electron chi connectivity index (χ3n) is 4.07. The minimum atomic E-state index is -3.00. The van der Waals surface area contributed by atoms with Crippen LogP contribution in [0.1, 0.15) is 32.1 Å². The minimum Gasteiger partial charge on any atom is -0.341 e. The predicted molar refractivity (Wildman–Crippen MR) is 71.4 cm³/mol. The lowest BCUT2D eigenvalue weighted by Crippen LogP contribution is -2.46. The molecule has 1 amide bonds. The lowest BCUT2D eigenvalue weighted by Gasteiger charge is -2.36. The van der Waals surface area contributed by atoms with Crippen LogP contribution in [0, 0.1) is 5.92 Å². The zero-order valence-electron chi connectivity index (χ0n) is 10.6. The summed E-state index contributed by atoms with van der Waals surface area (Å²) >= 11 is 6.27.